The van der Waals surface area contributed by atoms with Gasteiger partial charge in [0.2, 0.25) is 5.91 Å². The van der Waals surface area contributed by atoms with Gasteiger partial charge in [-0.25, -0.2) is 9.97 Å². The quantitative estimate of drug-likeness (QED) is 0.0848. The number of thioether (sulfide) groups is 1. The summed E-state index contributed by atoms with van der Waals surface area (Å²) in [5.41, 5.74) is 3.64. The van der Waals surface area contributed by atoms with Crippen LogP contribution in [0.15, 0.2) is 98.0 Å². The van der Waals surface area contributed by atoms with E-state index in [2.05, 4.69) is 45.9 Å². The maximum Gasteiger partial charge on any atom is 0.311 e. The van der Waals surface area contributed by atoms with Crippen LogP contribution in [0.4, 0.5) is 11.4 Å². The van der Waals surface area contributed by atoms with Crippen molar-refractivity contribution in [2.75, 3.05) is 16.4 Å². The van der Waals surface area contributed by atoms with Crippen LogP contribution in [0.3, 0.4) is 0 Å². The summed E-state index contributed by atoms with van der Waals surface area (Å²) < 4.78 is 5.60. The molecule has 2 saturated heterocycles. The Bertz CT molecular complexity index is 2340. The number of rotatable bonds is 10. The van der Waals surface area contributed by atoms with Gasteiger partial charge in [-0.2, -0.15) is 11.8 Å². The summed E-state index contributed by atoms with van der Waals surface area (Å²) in [6.45, 7) is 1.82. The third-order valence-corrected chi connectivity index (χ3v) is 10.8. The molecule has 0 aliphatic carbocycles. The van der Waals surface area contributed by atoms with Crippen molar-refractivity contribution in [1.29, 1.82) is 0 Å². The lowest BCUT2D eigenvalue weighted by atomic mass is 9.94. The van der Waals surface area contributed by atoms with Gasteiger partial charge in [0.25, 0.3) is 11.8 Å². The summed E-state index contributed by atoms with van der Waals surface area (Å²) in [5.74, 6) is 0.849. The number of benzene rings is 2. The van der Waals surface area contributed by atoms with Gasteiger partial charge in [0, 0.05) is 83.6 Å². The standard InChI is InChI=1S/C25H25N5O4S.C15H12N4O/c31-22-12-17-20(29-22)14-35-21(17)5-1-2-6-23(32)34-16-10-15-4-3-7-28-24(15)18(11-16)30-25(33)19-13-26-8-9-27-19;1-10-8-18-13(9-17-10)15(20)19-12-6-2-4-11-5-3-7-16-14(11)12/h3-4,7-11,13,17,20-21H,1-2,5-6,12,14H2,(H,29,31)(H,30,33);2-9H,1H3,(H,19,20). The number of carbonyl (C=O) groups is 4. The van der Waals surface area contributed by atoms with Crippen molar-refractivity contribution in [2.45, 2.75) is 50.3 Å². The Balaban J connectivity index is 0.000000197. The monoisotopic (exact) mass is 755 g/mol. The van der Waals surface area contributed by atoms with E-state index in [0.29, 0.717) is 52.7 Å². The van der Waals surface area contributed by atoms with Gasteiger partial charge in [-0.05, 0) is 44.0 Å². The zero-order chi connectivity index (χ0) is 38.1. The van der Waals surface area contributed by atoms with Crippen LogP contribution >= 0.6 is 11.8 Å². The van der Waals surface area contributed by atoms with Crippen LogP contribution in [0, 0.1) is 12.8 Å². The number of fused-ring (bicyclic) bond motifs is 3. The van der Waals surface area contributed by atoms with Gasteiger partial charge in [0.1, 0.15) is 17.1 Å². The highest BCUT2D eigenvalue weighted by Crippen LogP contribution is 2.40. The molecule has 4 aromatic heterocycles. The zero-order valence-electron chi connectivity index (χ0n) is 29.8. The summed E-state index contributed by atoms with van der Waals surface area (Å²) in [6.07, 6.45) is 14.2. The third-order valence-electron chi connectivity index (χ3n) is 9.22. The number of anilines is 2. The van der Waals surface area contributed by atoms with Gasteiger partial charge in [-0.3, -0.25) is 39.1 Å². The summed E-state index contributed by atoms with van der Waals surface area (Å²) >= 11 is 1.92. The van der Waals surface area contributed by atoms with Crippen LogP contribution in [0.5, 0.6) is 5.75 Å². The second kappa shape index (κ2) is 17.2. The first-order valence-electron chi connectivity index (χ1n) is 17.8. The summed E-state index contributed by atoms with van der Waals surface area (Å²) in [7, 11) is 0. The lowest BCUT2D eigenvalue weighted by molar-refractivity contribution is -0.134. The molecule has 0 spiro atoms. The summed E-state index contributed by atoms with van der Waals surface area (Å²) in [5, 5.41) is 10.8. The highest BCUT2D eigenvalue weighted by molar-refractivity contribution is 8.00. The Morgan fingerprint density at radius 2 is 1.55 bits per heavy atom. The summed E-state index contributed by atoms with van der Waals surface area (Å²) in [6, 6.07) is 16.7. The molecule has 278 valence electrons. The number of nitrogens with one attached hydrogen (secondary N) is 3. The molecule has 0 saturated carbocycles. The van der Waals surface area contributed by atoms with Crippen molar-refractivity contribution in [3.63, 3.8) is 0 Å². The Hall–Kier alpha value is -6.35. The van der Waals surface area contributed by atoms with Gasteiger partial charge < -0.3 is 20.7 Å². The average molecular weight is 756 g/mol. The Labute approximate surface area is 320 Å². The summed E-state index contributed by atoms with van der Waals surface area (Å²) in [4.78, 5) is 73.6. The van der Waals surface area contributed by atoms with E-state index in [0.717, 1.165) is 47.0 Å². The number of aromatic nitrogens is 6. The molecular weight excluding hydrogens is 719 g/mol. The van der Waals surface area contributed by atoms with Gasteiger partial charge in [0.15, 0.2) is 0 Å². The number of aryl methyl sites for hydroxylation is 1. The normalized spacial score (nSPS) is 17.1. The topological polar surface area (TPSA) is 191 Å². The molecule has 0 bridgehead atoms. The maximum atomic E-state index is 12.6. The number of para-hydroxylation sites is 1. The molecule has 3 unspecified atom stereocenters. The predicted octanol–water partition coefficient (Wildman–Crippen LogP) is 5.95. The van der Waals surface area contributed by atoms with Crippen LogP contribution in [0.1, 0.15) is 58.8 Å². The fraction of sp³-hybridized carbons (Fsp3) is 0.250. The van der Waals surface area contributed by atoms with E-state index < -0.39 is 5.91 Å². The first-order chi connectivity index (χ1) is 26.8. The molecule has 3 atom stereocenters. The van der Waals surface area contributed by atoms with E-state index in [4.69, 9.17) is 4.74 Å². The van der Waals surface area contributed by atoms with Gasteiger partial charge in [0.05, 0.1) is 40.5 Å². The Morgan fingerprint density at radius 1 is 0.800 bits per heavy atom. The molecule has 3 N–H and O–H groups in total. The number of nitrogens with zero attached hydrogens (tertiary/aromatic N) is 6. The first kappa shape index (κ1) is 37.0. The molecule has 14 nitrogen and oxygen atoms in total. The van der Waals surface area contributed by atoms with E-state index in [-0.39, 0.29) is 29.2 Å². The number of carbonyl (C=O) groups excluding carboxylic acids is 4. The fourth-order valence-corrected chi connectivity index (χ4v) is 8.20. The molecule has 2 aliphatic rings. The smallest absolute Gasteiger partial charge is 0.311 e. The van der Waals surface area contributed by atoms with E-state index in [1.807, 2.05) is 55.1 Å². The number of ether oxygens (including phenoxy) is 1. The number of amides is 3. The van der Waals surface area contributed by atoms with Crippen LogP contribution in [-0.2, 0) is 9.59 Å². The van der Waals surface area contributed by atoms with Crippen molar-refractivity contribution in [3.8, 4) is 5.75 Å². The molecule has 8 rings (SSSR count). The van der Waals surface area contributed by atoms with Crippen molar-refractivity contribution >= 4 is 68.6 Å². The Morgan fingerprint density at radius 3 is 2.31 bits per heavy atom. The lowest BCUT2D eigenvalue weighted by Crippen LogP contribution is -2.29. The average Bonchev–Trinajstić information content (AvgIpc) is 3.76. The molecule has 6 aromatic rings. The van der Waals surface area contributed by atoms with Gasteiger partial charge >= 0.3 is 5.97 Å². The van der Waals surface area contributed by atoms with Gasteiger partial charge in [-0.15, -0.1) is 0 Å². The lowest BCUT2D eigenvalue weighted by Gasteiger charge is -2.15. The Kier molecular flexibility index (Phi) is 11.6. The second-order valence-corrected chi connectivity index (χ2v) is 14.4. The number of esters is 1. The molecule has 6 heterocycles. The van der Waals surface area contributed by atoms with Crippen molar-refractivity contribution in [2.24, 2.45) is 5.92 Å². The minimum absolute atomic E-state index is 0.159. The number of pyridine rings is 2. The van der Waals surface area contributed by atoms with E-state index in [9.17, 15) is 19.2 Å². The molecule has 2 aromatic carbocycles. The van der Waals surface area contributed by atoms with Crippen molar-refractivity contribution in [3.05, 3.63) is 115 Å². The minimum Gasteiger partial charge on any atom is -0.426 e. The molecule has 2 fully saturated rings. The van der Waals surface area contributed by atoms with Crippen LogP contribution in [-0.4, -0.2) is 70.6 Å². The fourth-order valence-electron chi connectivity index (χ4n) is 6.55. The minimum atomic E-state index is -0.431. The number of hydrogen-bond donors (Lipinski definition) is 3. The molecule has 2 aliphatic heterocycles. The highest BCUT2D eigenvalue weighted by Gasteiger charge is 2.42. The van der Waals surface area contributed by atoms with Gasteiger partial charge in [-0.1, -0.05) is 30.7 Å². The molecule has 55 heavy (non-hydrogen) atoms. The van der Waals surface area contributed by atoms with Crippen LogP contribution in [0.2, 0.25) is 0 Å². The predicted molar refractivity (Wildman–Crippen MR) is 209 cm³/mol. The SMILES string of the molecule is Cc1cnc(C(=O)Nc2cccc3cccnc23)cn1.O=C1CC2C(CSC2CCCCC(=O)Oc2cc(NC(=O)c3cnccn3)c3ncccc3c2)N1. The van der Waals surface area contributed by atoms with E-state index in [1.54, 1.807) is 36.8 Å². The highest BCUT2D eigenvalue weighted by atomic mass is 32.2. The molecule has 0 radical (unpaired) electrons. The number of unbranched alkanes of at least 4 members (excludes halogenated alkanes) is 1. The molecular formula is C40H37N9O5S. The largest absolute Gasteiger partial charge is 0.426 e. The molecule has 3 amide bonds. The maximum absolute atomic E-state index is 12.6. The number of hydrogen-bond acceptors (Lipinski definition) is 12. The zero-order valence-corrected chi connectivity index (χ0v) is 30.7. The van der Waals surface area contributed by atoms with Crippen molar-refractivity contribution < 1.29 is 23.9 Å². The van der Waals surface area contributed by atoms with E-state index in [1.165, 1.54) is 24.8 Å². The van der Waals surface area contributed by atoms with Crippen LogP contribution < -0.4 is 20.7 Å². The first-order valence-corrected chi connectivity index (χ1v) is 18.9. The van der Waals surface area contributed by atoms with Crippen molar-refractivity contribution in [1.82, 2.24) is 35.2 Å². The van der Waals surface area contributed by atoms with E-state index >= 15 is 0 Å². The molecule has 15 heteroatoms. The van der Waals surface area contributed by atoms with Crippen LogP contribution in [0.25, 0.3) is 21.8 Å². The second-order valence-electron chi connectivity index (χ2n) is 13.1. The third kappa shape index (κ3) is 9.24.